The highest BCUT2D eigenvalue weighted by atomic mass is 35.5. The molecule has 0 aliphatic heterocycles. The lowest BCUT2D eigenvalue weighted by molar-refractivity contribution is 0.0697. The third kappa shape index (κ3) is 3.06. The number of hydrogen-bond acceptors (Lipinski definition) is 3. The number of nitrogens with one attached hydrogen (secondary N) is 1. The highest BCUT2D eigenvalue weighted by Crippen LogP contribution is 2.21. The van der Waals surface area contributed by atoms with Crippen molar-refractivity contribution in [1.29, 1.82) is 0 Å². The zero-order valence-electron chi connectivity index (χ0n) is 10.6. The van der Waals surface area contributed by atoms with Crippen molar-refractivity contribution in [2.45, 2.75) is 13.5 Å². The molecule has 0 radical (unpaired) electrons. The van der Waals surface area contributed by atoms with E-state index in [-0.39, 0.29) is 10.6 Å². The molecule has 19 heavy (non-hydrogen) atoms. The van der Waals surface area contributed by atoms with Crippen LogP contribution in [0.5, 0.6) is 0 Å². The number of nitrogens with zero attached hydrogens (tertiary/aromatic N) is 2. The van der Waals surface area contributed by atoms with Gasteiger partial charge in [0.2, 0.25) is 0 Å². The molecule has 0 amide bonds. The van der Waals surface area contributed by atoms with Gasteiger partial charge >= 0.3 is 5.97 Å². The Balaban J connectivity index is 2.14. The number of carbonyl (C=O) groups is 1. The molecule has 2 rings (SSSR count). The van der Waals surface area contributed by atoms with Crippen LogP contribution in [0.15, 0.2) is 24.4 Å². The van der Waals surface area contributed by atoms with E-state index in [4.69, 9.17) is 16.7 Å². The molecule has 0 aliphatic carbocycles. The number of aromatic carboxylic acids is 1. The summed E-state index contributed by atoms with van der Waals surface area (Å²) in [4.78, 5) is 11.0. The summed E-state index contributed by atoms with van der Waals surface area (Å²) in [7, 11) is 1.86. The fourth-order valence-corrected chi connectivity index (χ4v) is 2.02. The van der Waals surface area contributed by atoms with Gasteiger partial charge in [-0.25, -0.2) is 4.79 Å². The second kappa shape index (κ2) is 5.32. The van der Waals surface area contributed by atoms with Crippen LogP contribution in [0.3, 0.4) is 0 Å². The van der Waals surface area contributed by atoms with Gasteiger partial charge in [-0.1, -0.05) is 11.6 Å². The average molecular weight is 280 g/mol. The zero-order chi connectivity index (χ0) is 14.0. The minimum Gasteiger partial charge on any atom is -0.478 e. The summed E-state index contributed by atoms with van der Waals surface area (Å²) in [6.07, 6.45) is 1.93. The first-order valence-electron chi connectivity index (χ1n) is 5.73. The van der Waals surface area contributed by atoms with E-state index in [0.29, 0.717) is 12.2 Å². The molecule has 2 aromatic rings. The Hall–Kier alpha value is -2.01. The summed E-state index contributed by atoms with van der Waals surface area (Å²) in [6, 6.07) is 4.85. The Kier molecular flexibility index (Phi) is 3.76. The number of aryl methyl sites for hydroxylation is 2. The lowest BCUT2D eigenvalue weighted by Gasteiger charge is -2.07. The normalized spacial score (nSPS) is 10.5. The lowest BCUT2D eigenvalue weighted by Crippen LogP contribution is -2.03. The van der Waals surface area contributed by atoms with Gasteiger partial charge in [0.05, 0.1) is 16.3 Å². The Morgan fingerprint density at radius 3 is 2.84 bits per heavy atom. The summed E-state index contributed by atoms with van der Waals surface area (Å²) in [5.74, 6) is -1.04. The number of aromatic nitrogens is 2. The van der Waals surface area contributed by atoms with Crippen molar-refractivity contribution in [3.63, 3.8) is 0 Å². The van der Waals surface area contributed by atoms with Gasteiger partial charge in [-0.15, -0.1) is 0 Å². The molecule has 0 atom stereocenters. The number of hydrogen-bond donors (Lipinski definition) is 2. The largest absolute Gasteiger partial charge is 0.478 e. The summed E-state index contributed by atoms with van der Waals surface area (Å²) in [5.41, 5.74) is 2.82. The van der Waals surface area contributed by atoms with E-state index < -0.39 is 5.97 Å². The summed E-state index contributed by atoms with van der Waals surface area (Å²) in [6.45, 7) is 2.52. The molecule has 1 aromatic heterocycles. The fraction of sp³-hybridized carbons (Fsp3) is 0.231. The molecular formula is C13H14ClN3O2. The molecule has 0 saturated carbocycles. The smallest absolute Gasteiger partial charge is 0.337 e. The molecule has 0 saturated heterocycles. The molecule has 0 spiro atoms. The number of benzene rings is 1. The van der Waals surface area contributed by atoms with Crippen molar-refractivity contribution >= 4 is 23.3 Å². The van der Waals surface area contributed by atoms with Crippen LogP contribution in [0, 0.1) is 6.92 Å². The monoisotopic (exact) mass is 279 g/mol. The SMILES string of the molecule is Cc1nn(C)cc1CNc1ccc(Cl)c(C(=O)O)c1. The van der Waals surface area contributed by atoms with E-state index in [2.05, 4.69) is 10.4 Å². The van der Waals surface area contributed by atoms with Gasteiger partial charge in [-0.05, 0) is 25.1 Å². The highest BCUT2D eigenvalue weighted by Gasteiger charge is 2.09. The van der Waals surface area contributed by atoms with Crippen molar-refractivity contribution in [1.82, 2.24) is 9.78 Å². The van der Waals surface area contributed by atoms with E-state index in [1.807, 2.05) is 20.2 Å². The van der Waals surface area contributed by atoms with E-state index in [9.17, 15) is 4.79 Å². The minimum atomic E-state index is -1.04. The summed E-state index contributed by atoms with van der Waals surface area (Å²) >= 11 is 5.81. The van der Waals surface area contributed by atoms with Crippen molar-refractivity contribution in [3.8, 4) is 0 Å². The molecule has 6 heteroatoms. The third-order valence-corrected chi connectivity index (χ3v) is 3.12. The van der Waals surface area contributed by atoms with Crippen molar-refractivity contribution in [3.05, 3.63) is 46.2 Å². The van der Waals surface area contributed by atoms with Gasteiger partial charge in [0, 0.05) is 31.0 Å². The number of halogens is 1. The van der Waals surface area contributed by atoms with Gasteiger partial charge in [0.1, 0.15) is 0 Å². The standard InChI is InChI=1S/C13H14ClN3O2/c1-8-9(7-17(2)16-8)6-15-10-3-4-12(14)11(5-10)13(18)19/h3-5,7,15H,6H2,1-2H3,(H,18,19). The second-order valence-electron chi connectivity index (χ2n) is 4.27. The van der Waals surface area contributed by atoms with Gasteiger partial charge in [0.15, 0.2) is 0 Å². The first kappa shape index (κ1) is 13.4. The molecule has 0 unspecified atom stereocenters. The van der Waals surface area contributed by atoms with Crippen LogP contribution in [-0.2, 0) is 13.6 Å². The van der Waals surface area contributed by atoms with E-state index in [1.54, 1.807) is 16.8 Å². The van der Waals surface area contributed by atoms with Crippen LogP contribution in [0.1, 0.15) is 21.6 Å². The first-order chi connectivity index (χ1) is 8.97. The van der Waals surface area contributed by atoms with Crippen LogP contribution in [0.4, 0.5) is 5.69 Å². The van der Waals surface area contributed by atoms with Gasteiger partial charge in [-0.3, -0.25) is 4.68 Å². The molecule has 0 aliphatic rings. The second-order valence-corrected chi connectivity index (χ2v) is 4.67. The fourth-order valence-electron chi connectivity index (χ4n) is 1.82. The highest BCUT2D eigenvalue weighted by molar-refractivity contribution is 6.33. The Morgan fingerprint density at radius 2 is 2.26 bits per heavy atom. The van der Waals surface area contributed by atoms with Gasteiger partial charge in [-0.2, -0.15) is 5.10 Å². The predicted octanol–water partition coefficient (Wildman–Crippen LogP) is 2.69. The number of carboxylic acid groups (broad SMARTS) is 1. The maximum Gasteiger partial charge on any atom is 0.337 e. The molecule has 100 valence electrons. The maximum atomic E-state index is 11.0. The van der Waals surface area contributed by atoms with E-state index in [1.165, 1.54) is 6.07 Å². The Labute approximate surface area is 115 Å². The number of anilines is 1. The molecule has 0 bridgehead atoms. The number of rotatable bonds is 4. The quantitative estimate of drug-likeness (QED) is 0.903. The van der Waals surface area contributed by atoms with Crippen LogP contribution in [-0.4, -0.2) is 20.9 Å². The van der Waals surface area contributed by atoms with E-state index in [0.717, 1.165) is 11.3 Å². The Bertz CT molecular complexity index is 622. The third-order valence-electron chi connectivity index (χ3n) is 2.79. The Morgan fingerprint density at radius 1 is 1.53 bits per heavy atom. The molecule has 2 N–H and O–H groups in total. The van der Waals surface area contributed by atoms with Crippen molar-refractivity contribution in [2.75, 3.05) is 5.32 Å². The topological polar surface area (TPSA) is 67.2 Å². The predicted molar refractivity (Wildman–Crippen MR) is 73.7 cm³/mol. The molecular weight excluding hydrogens is 266 g/mol. The van der Waals surface area contributed by atoms with Crippen molar-refractivity contribution in [2.24, 2.45) is 7.05 Å². The van der Waals surface area contributed by atoms with Crippen LogP contribution >= 0.6 is 11.6 Å². The van der Waals surface area contributed by atoms with E-state index >= 15 is 0 Å². The average Bonchev–Trinajstić information content (AvgIpc) is 2.66. The van der Waals surface area contributed by atoms with Gasteiger partial charge in [0.25, 0.3) is 0 Å². The minimum absolute atomic E-state index is 0.0922. The summed E-state index contributed by atoms with van der Waals surface area (Å²) < 4.78 is 1.75. The molecule has 1 aromatic carbocycles. The molecule has 0 fully saturated rings. The van der Waals surface area contributed by atoms with Crippen LogP contribution in [0.2, 0.25) is 5.02 Å². The summed E-state index contributed by atoms with van der Waals surface area (Å²) in [5, 5.41) is 16.6. The lowest BCUT2D eigenvalue weighted by atomic mass is 10.2. The molecule has 1 heterocycles. The van der Waals surface area contributed by atoms with Gasteiger partial charge < -0.3 is 10.4 Å². The number of carboxylic acids is 1. The first-order valence-corrected chi connectivity index (χ1v) is 6.11. The van der Waals surface area contributed by atoms with Crippen molar-refractivity contribution < 1.29 is 9.90 Å². The zero-order valence-corrected chi connectivity index (χ0v) is 11.4. The maximum absolute atomic E-state index is 11.0. The van der Waals surface area contributed by atoms with Crippen LogP contribution in [0.25, 0.3) is 0 Å². The molecule has 5 nitrogen and oxygen atoms in total. The van der Waals surface area contributed by atoms with Crippen LogP contribution < -0.4 is 5.32 Å².